The second kappa shape index (κ2) is 5.17. The minimum atomic E-state index is 0.0976. The smallest absolute Gasteiger partial charge is 0.240 e. The first-order valence-electron chi connectivity index (χ1n) is 7.59. The maximum atomic E-state index is 12.4. The van der Waals surface area contributed by atoms with Crippen molar-refractivity contribution in [2.24, 2.45) is 0 Å². The maximum Gasteiger partial charge on any atom is 0.240 e. The van der Waals surface area contributed by atoms with E-state index in [0.29, 0.717) is 18.0 Å². The molecule has 3 heterocycles. The number of hydrogen-bond donors (Lipinski definition) is 1. The normalized spacial score (nSPS) is 36.6. The zero-order valence-corrected chi connectivity index (χ0v) is 11.4. The highest BCUT2D eigenvalue weighted by atomic mass is 16.2. The lowest BCUT2D eigenvalue weighted by Gasteiger charge is -2.29. The van der Waals surface area contributed by atoms with Crippen molar-refractivity contribution in [1.82, 2.24) is 15.1 Å². The van der Waals surface area contributed by atoms with Crippen LogP contribution in [0.25, 0.3) is 0 Å². The van der Waals surface area contributed by atoms with E-state index in [-0.39, 0.29) is 6.04 Å². The third-order valence-electron chi connectivity index (χ3n) is 4.85. The monoisotopic (exact) mass is 251 g/mol. The second-order valence-corrected chi connectivity index (χ2v) is 5.93. The summed E-state index contributed by atoms with van der Waals surface area (Å²) in [6, 6.07) is 1.27. The van der Waals surface area contributed by atoms with E-state index in [1.54, 1.807) is 0 Å². The summed E-state index contributed by atoms with van der Waals surface area (Å²) in [7, 11) is 0. The Morgan fingerprint density at radius 2 is 2.06 bits per heavy atom. The zero-order valence-electron chi connectivity index (χ0n) is 11.4. The first-order valence-corrected chi connectivity index (χ1v) is 7.59. The number of hydrogen-bond acceptors (Lipinski definition) is 3. The van der Waals surface area contributed by atoms with Gasteiger partial charge in [0.05, 0.1) is 6.04 Å². The molecule has 102 valence electrons. The first-order chi connectivity index (χ1) is 8.81. The molecule has 3 fully saturated rings. The Morgan fingerprint density at radius 3 is 2.89 bits per heavy atom. The van der Waals surface area contributed by atoms with Crippen molar-refractivity contribution in [3.63, 3.8) is 0 Å². The average molecular weight is 251 g/mol. The Bertz CT molecular complexity index is 320. The molecule has 0 aromatic heterocycles. The van der Waals surface area contributed by atoms with Crippen LogP contribution in [0.5, 0.6) is 0 Å². The lowest BCUT2D eigenvalue weighted by atomic mass is 10.1. The van der Waals surface area contributed by atoms with Gasteiger partial charge in [-0.05, 0) is 45.2 Å². The molecule has 0 bridgehead atoms. The Kier molecular flexibility index (Phi) is 3.57. The Morgan fingerprint density at radius 1 is 1.17 bits per heavy atom. The summed E-state index contributed by atoms with van der Waals surface area (Å²) in [5, 5.41) is 3.39. The molecule has 0 aromatic carbocycles. The van der Waals surface area contributed by atoms with Gasteiger partial charge in [0, 0.05) is 25.2 Å². The predicted molar refractivity (Wildman–Crippen MR) is 71.4 cm³/mol. The summed E-state index contributed by atoms with van der Waals surface area (Å²) in [5.74, 6) is 0.363. The third-order valence-corrected chi connectivity index (χ3v) is 4.85. The van der Waals surface area contributed by atoms with Gasteiger partial charge in [0.2, 0.25) is 5.91 Å². The molecule has 3 aliphatic heterocycles. The maximum absolute atomic E-state index is 12.4. The summed E-state index contributed by atoms with van der Waals surface area (Å²) >= 11 is 0. The molecular formula is C14H25N3O. The molecule has 0 spiro atoms. The van der Waals surface area contributed by atoms with Crippen molar-refractivity contribution in [3.8, 4) is 0 Å². The van der Waals surface area contributed by atoms with Crippen LogP contribution in [0.3, 0.4) is 0 Å². The van der Waals surface area contributed by atoms with Crippen LogP contribution in [-0.2, 0) is 4.79 Å². The molecule has 0 aromatic rings. The standard InChI is InChI=1S/C14H25N3O/c1-2-7-15-11-5-10-17(14(11)18)13-6-9-16-8-3-4-12(13)16/h11-13,15H,2-10H2,1H3. The van der Waals surface area contributed by atoms with Crippen LogP contribution in [0, 0.1) is 0 Å². The van der Waals surface area contributed by atoms with Gasteiger partial charge >= 0.3 is 0 Å². The van der Waals surface area contributed by atoms with Gasteiger partial charge < -0.3 is 10.2 Å². The van der Waals surface area contributed by atoms with Crippen LogP contribution in [0.4, 0.5) is 0 Å². The number of nitrogens with one attached hydrogen (secondary N) is 1. The molecule has 1 amide bonds. The van der Waals surface area contributed by atoms with Crippen molar-refractivity contribution >= 4 is 5.91 Å². The molecule has 18 heavy (non-hydrogen) atoms. The van der Waals surface area contributed by atoms with Gasteiger partial charge in [0.15, 0.2) is 0 Å². The van der Waals surface area contributed by atoms with Crippen molar-refractivity contribution in [1.29, 1.82) is 0 Å². The fourth-order valence-electron chi connectivity index (χ4n) is 3.96. The SMILES string of the molecule is CCCNC1CCN(C2CCN3CCCC23)C1=O. The van der Waals surface area contributed by atoms with Gasteiger partial charge in [0.1, 0.15) is 0 Å². The zero-order chi connectivity index (χ0) is 12.5. The molecule has 3 rings (SSSR count). The van der Waals surface area contributed by atoms with E-state index in [2.05, 4.69) is 22.0 Å². The van der Waals surface area contributed by atoms with Crippen LogP contribution in [0.2, 0.25) is 0 Å². The highest BCUT2D eigenvalue weighted by Gasteiger charge is 2.45. The highest BCUT2D eigenvalue weighted by molar-refractivity contribution is 5.84. The fourth-order valence-corrected chi connectivity index (χ4v) is 3.96. The molecular weight excluding hydrogens is 226 g/mol. The topological polar surface area (TPSA) is 35.6 Å². The number of likely N-dealkylation sites (tertiary alicyclic amines) is 1. The molecule has 0 saturated carbocycles. The van der Waals surface area contributed by atoms with Crippen molar-refractivity contribution in [3.05, 3.63) is 0 Å². The summed E-state index contributed by atoms with van der Waals surface area (Å²) in [6.07, 6.45) is 5.91. The number of rotatable bonds is 4. The van der Waals surface area contributed by atoms with Crippen molar-refractivity contribution < 1.29 is 4.79 Å². The lowest BCUT2D eigenvalue weighted by Crippen LogP contribution is -2.47. The number of amides is 1. The molecule has 3 unspecified atom stereocenters. The lowest BCUT2D eigenvalue weighted by molar-refractivity contribution is -0.131. The van der Waals surface area contributed by atoms with Gasteiger partial charge in [0.25, 0.3) is 0 Å². The number of carbonyl (C=O) groups is 1. The molecule has 3 atom stereocenters. The minimum Gasteiger partial charge on any atom is -0.337 e. The Balaban J connectivity index is 1.62. The van der Waals surface area contributed by atoms with E-state index in [1.165, 1.54) is 32.4 Å². The summed E-state index contributed by atoms with van der Waals surface area (Å²) in [4.78, 5) is 17.2. The van der Waals surface area contributed by atoms with Crippen LogP contribution in [-0.4, -0.2) is 60.0 Å². The quantitative estimate of drug-likeness (QED) is 0.803. The number of nitrogens with zero attached hydrogens (tertiary/aromatic N) is 2. The molecule has 0 radical (unpaired) electrons. The van der Waals surface area contributed by atoms with E-state index in [9.17, 15) is 4.79 Å². The van der Waals surface area contributed by atoms with E-state index in [1.807, 2.05) is 0 Å². The fraction of sp³-hybridized carbons (Fsp3) is 0.929. The molecule has 4 nitrogen and oxygen atoms in total. The van der Waals surface area contributed by atoms with Gasteiger partial charge in [-0.25, -0.2) is 0 Å². The van der Waals surface area contributed by atoms with Gasteiger partial charge in [-0.2, -0.15) is 0 Å². The van der Waals surface area contributed by atoms with Crippen LogP contribution in [0.15, 0.2) is 0 Å². The molecule has 0 aliphatic carbocycles. The summed E-state index contributed by atoms with van der Waals surface area (Å²) in [6.45, 7) is 6.53. The van der Waals surface area contributed by atoms with Crippen LogP contribution >= 0.6 is 0 Å². The first kappa shape index (κ1) is 12.4. The number of fused-ring (bicyclic) bond motifs is 1. The van der Waals surface area contributed by atoms with E-state index in [4.69, 9.17) is 0 Å². The summed E-state index contributed by atoms with van der Waals surface area (Å²) in [5.41, 5.74) is 0. The predicted octanol–water partition coefficient (Wildman–Crippen LogP) is 0.824. The molecule has 1 N–H and O–H groups in total. The van der Waals surface area contributed by atoms with Crippen molar-refractivity contribution in [2.75, 3.05) is 26.2 Å². The van der Waals surface area contributed by atoms with E-state index >= 15 is 0 Å². The van der Waals surface area contributed by atoms with Crippen molar-refractivity contribution in [2.45, 2.75) is 57.2 Å². The van der Waals surface area contributed by atoms with E-state index < -0.39 is 0 Å². The molecule has 3 saturated heterocycles. The Hall–Kier alpha value is -0.610. The van der Waals surface area contributed by atoms with Gasteiger partial charge in [-0.3, -0.25) is 9.69 Å². The second-order valence-electron chi connectivity index (χ2n) is 5.93. The third kappa shape index (κ3) is 2.05. The van der Waals surface area contributed by atoms with Gasteiger partial charge in [-0.15, -0.1) is 0 Å². The van der Waals surface area contributed by atoms with Gasteiger partial charge in [-0.1, -0.05) is 6.92 Å². The minimum absolute atomic E-state index is 0.0976. The number of carbonyl (C=O) groups excluding carboxylic acids is 1. The highest BCUT2D eigenvalue weighted by Crippen LogP contribution is 2.33. The van der Waals surface area contributed by atoms with E-state index in [0.717, 1.165) is 25.9 Å². The summed E-state index contributed by atoms with van der Waals surface area (Å²) < 4.78 is 0. The average Bonchev–Trinajstić information content (AvgIpc) is 3.03. The molecule has 3 aliphatic rings. The van der Waals surface area contributed by atoms with Crippen LogP contribution in [0.1, 0.15) is 39.0 Å². The Labute approximate surface area is 110 Å². The largest absolute Gasteiger partial charge is 0.337 e. The molecule has 4 heteroatoms. The van der Waals surface area contributed by atoms with Crippen LogP contribution < -0.4 is 5.32 Å².